The van der Waals surface area contributed by atoms with Crippen LogP contribution in [0.2, 0.25) is 0 Å². The van der Waals surface area contributed by atoms with E-state index >= 15 is 0 Å². The third-order valence-electron chi connectivity index (χ3n) is 6.42. The highest BCUT2D eigenvalue weighted by molar-refractivity contribution is 9.10. The average molecular weight is 488 g/mol. The lowest BCUT2D eigenvalue weighted by molar-refractivity contribution is -0.139. The van der Waals surface area contributed by atoms with Crippen molar-refractivity contribution >= 4 is 38.7 Å². The first-order chi connectivity index (χ1) is 15.1. The normalized spacial score (nSPS) is 19.0. The number of carbonyl (C=O) groups is 1. The zero-order valence-corrected chi connectivity index (χ0v) is 18.5. The molecule has 2 aromatic heterocycles. The quantitative estimate of drug-likeness (QED) is 0.588. The maximum absolute atomic E-state index is 13.8. The van der Waals surface area contributed by atoms with Crippen LogP contribution in [0.3, 0.4) is 0 Å². The zero-order valence-electron chi connectivity index (χ0n) is 16.9. The molecule has 0 aliphatic carbocycles. The van der Waals surface area contributed by atoms with Gasteiger partial charge in [-0.3, -0.25) is 9.89 Å². The summed E-state index contributed by atoms with van der Waals surface area (Å²) < 4.78 is 14.3. The Hall–Kier alpha value is -2.59. The van der Waals surface area contributed by atoms with Gasteiger partial charge in [-0.15, -0.1) is 0 Å². The highest BCUT2D eigenvalue weighted by Crippen LogP contribution is 2.36. The standard InChI is InChI=1S/C21H23BrFN7O/c22-17-16-18(28-27-17)25-13-26-19(16)29-9-11-30(12-10-29)20(31)21(5-7-24-8-6-21)14-1-3-15(23)4-2-14/h1-4,13,24H,5-12H2,(H,25,26,27,28). The molecule has 5 rings (SSSR count). The second kappa shape index (κ2) is 8.16. The number of rotatable bonds is 3. The topological polar surface area (TPSA) is 90.0 Å². The second-order valence-electron chi connectivity index (χ2n) is 8.05. The van der Waals surface area contributed by atoms with Gasteiger partial charge in [0.25, 0.3) is 0 Å². The van der Waals surface area contributed by atoms with E-state index in [2.05, 4.69) is 46.3 Å². The van der Waals surface area contributed by atoms with E-state index in [-0.39, 0.29) is 11.7 Å². The lowest BCUT2D eigenvalue weighted by Gasteiger charge is -2.43. The Morgan fingerprint density at radius 1 is 1.06 bits per heavy atom. The number of piperazine rings is 1. The fourth-order valence-corrected chi connectivity index (χ4v) is 5.16. The third-order valence-corrected chi connectivity index (χ3v) is 6.99. The van der Waals surface area contributed by atoms with Crippen LogP contribution in [-0.2, 0) is 10.2 Å². The molecule has 31 heavy (non-hydrogen) atoms. The molecule has 162 valence electrons. The lowest BCUT2D eigenvalue weighted by atomic mass is 9.72. The van der Waals surface area contributed by atoms with Gasteiger partial charge in [0, 0.05) is 26.2 Å². The van der Waals surface area contributed by atoms with E-state index in [0.717, 1.165) is 34.5 Å². The molecule has 2 aliphatic heterocycles. The summed E-state index contributed by atoms with van der Waals surface area (Å²) >= 11 is 3.49. The molecule has 0 saturated carbocycles. The van der Waals surface area contributed by atoms with Crippen LogP contribution in [0, 0.1) is 5.82 Å². The number of benzene rings is 1. The number of anilines is 1. The van der Waals surface area contributed by atoms with Gasteiger partial charge in [0.05, 0.1) is 10.8 Å². The number of nitrogens with one attached hydrogen (secondary N) is 2. The first-order valence-electron chi connectivity index (χ1n) is 10.4. The van der Waals surface area contributed by atoms with Gasteiger partial charge in [-0.1, -0.05) is 12.1 Å². The molecule has 0 unspecified atom stereocenters. The Morgan fingerprint density at radius 3 is 2.48 bits per heavy atom. The summed E-state index contributed by atoms with van der Waals surface area (Å²) in [5.41, 5.74) is 0.916. The zero-order chi connectivity index (χ0) is 21.4. The number of aromatic amines is 1. The van der Waals surface area contributed by atoms with Crippen molar-refractivity contribution in [3.05, 3.63) is 46.6 Å². The largest absolute Gasteiger partial charge is 0.352 e. The molecule has 10 heteroatoms. The molecular formula is C21H23BrFN7O. The summed E-state index contributed by atoms with van der Waals surface area (Å²) in [6.45, 7) is 4.11. The fraction of sp³-hybridized carbons (Fsp3) is 0.429. The number of amides is 1. The van der Waals surface area contributed by atoms with Crippen molar-refractivity contribution in [3.63, 3.8) is 0 Å². The summed E-state index contributed by atoms with van der Waals surface area (Å²) in [4.78, 5) is 26.6. The summed E-state index contributed by atoms with van der Waals surface area (Å²) in [5.74, 6) is 0.667. The van der Waals surface area contributed by atoms with Crippen molar-refractivity contribution in [1.29, 1.82) is 0 Å². The Kier molecular flexibility index (Phi) is 5.35. The molecule has 0 radical (unpaired) electrons. The highest BCUT2D eigenvalue weighted by atomic mass is 79.9. The van der Waals surface area contributed by atoms with Gasteiger partial charge in [-0.2, -0.15) is 5.10 Å². The molecule has 2 saturated heterocycles. The van der Waals surface area contributed by atoms with Crippen LogP contribution < -0.4 is 10.2 Å². The molecule has 0 atom stereocenters. The number of halogens is 2. The molecule has 3 aromatic rings. The predicted molar refractivity (Wildman–Crippen MR) is 118 cm³/mol. The van der Waals surface area contributed by atoms with Crippen molar-refractivity contribution in [2.75, 3.05) is 44.2 Å². The number of aromatic nitrogens is 4. The molecule has 0 spiro atoms. The molecule has 2 fully saturated rings. The van der Waals surface area contributed by atoms with E-state index in [1.165, 1.54) is 18.5 Å². The Bertz CT molecular complexity index is 1090. The van der Waals surface area contributed by atoms with E-state index in [1.54, 1.807) is 12.1 Å². The monoisotopic (exact) mass is 487 g/mol. The lowest BCUT2D eigenvalue weighted by Crippen LogP contribution is -2.57. The van der Waals surface area contributed by atoms with E-state index < -0.39 is 5.41 Å². The van der Waals surface area contributed by atoms with Crippen LogP contribution in [0.1, 0.15) is 18.4 Å². The van der Waals surface area contributed by atoms with Crippen molar-refractivity contribution in [1.82, 2.24) is 30.4 Å². The molecule has 0 bridgehead atoms. The van der Waals surface area contributed by atoms with Crippen LogP contribution in [0.25, 0.3) is 11.0 Å². The van der Waals surface area contributed by atoms with Gasteiger partial charge in [-0.05, 0) is 59.6 Å². The van der Waals surface area contributed by atoms with E-state index in [4.69, 9.17) is 0 Å². The van der Waals surface area contributed by atoms with Gasteiger partial charge >= 0.3 is 0 Å². The average Bonchev–Trinajstić information content (AvgIpc) is 3.21. The summed E-state index contributed by atoms with van der Waals surface area (Å²) in [6.07, 6.45) is 2.94. The molecule has 1 aromatic carbocycles. The van der Waals surface area contributed by atoms with Crippen LogP contribution in [-0.4, -0.2) is 70.2 Å². The third kappa shape index (κ3) is 3.57. The first-order valence-corrected chi connectivity index (χ1v) is 11.2. The minimum Gasteiger partial charge on any atom is -0.352 e. The summed E-state index contributed by atoms with van der Waals surface area (Å²) in [7, 11) is 0. The summed E-state index contributed by atoms with van der Waals surface area (Å²) in [6, 6.07) is 6.44. The van der Waals surface area contributed by atoms with Crippen LogP contribution in [0.15, 0.2) is 35.2 Å². The van der Waals surface area contributed by atoms with Crippen molar-refractivity contribution in [2.45, 2.75) is 18.3 Å². The number of fused-ring (bicyclic) bond motifs is 1. The number of hydrogen-bond acceptors (Lipinski definition) is 6. The minimum absolute atomic E-state index is 0.137. The van der Waals surface area contributed by atoms with Crippen LogP contribution in [0.4, 0.5) is 10.2 Å². The smallest absolute Gasteiger partial charge is 0.233 e. The van der Waals surface area contributed by atoms with Crippen molar-refractivity contribution in [3.8, 4) is 0 Å². The number of nitrogens with zero attached hydrogens (tertiary/aromatic N) is 5. The van der Waals surface area contributed by atoms with Gasteiger partial charge in [0.1, 0.15) is 22.6 Å². The Labute approximate surface area is 187 Å². The van der Waals surface area contributed by atoms with Gasteiger partial charge in [0.15, 0.2) is 5.65 Å². The van der Waals surface area contributed by atoms with Crippen LogP contribution >= 0.6 is 15.9 Å². The Morgan fingerprint density at radius 2 is 1.77 bits per heavy atom. The molecule has 4 heterocycles. The van der Waals surface area contributed by atoms with Crippen molar-refractivity contribution in [2.24, 2.45) is 0 Å². The molecule has 2 N–H and O–H groups in total. The number of carbonyl (C=O) groups excluding carboxylic acids is 1. The van der Waals surface area contributed by atoms with E-state index in [0.29, 0.717) is 44.7 Å². The predicted octanol–water partition coefficient (Wildman–Crippen LogP) is 2.22. The van der Waals surface area contributed by atoms with E-state index in [1.807, 2.05) is 4.90 Å². The minimum atomic E-state index is -0.600. The van der Waals surface area contributed by atoms with Gasteiger partial charge < -0.3 is 15.1 Å². The van der Waals surface area contributed by atoms with Crippen LogP contribution in [0.5, 0.6) is 0 Å². The number of piperidine rings is 1. The summed E-state index contributed by atoms with van der Waals surface area (Å²) in [5, 5.41) is 11.3. The molecular weight excluding hydrogens is 465 g/mol. The maximum Gasteiger partial charge on any atom is 0.233 e. The molecule has 8 nitrogen and oxygen atoms in total. The number of H-pyrrole nitrogens is 1. The van der Waals surface area contributed by atoms with Crippen molar-refractivity contribution < 1.29 is 9.18 Å². The second-order valence-corrected chi connectivity index (χ2v) is 8.84. The fourth-order valence-electron chi connectivity index (χ4n) is 4.72. The molecule has 1 amide bonds. The SMILES string of the molecule is O=C(N1CCN(c2ncnc3n[nH]c(Br)c23)CC1)C1(c2ccc(F)cc2)CCNCC1. The van der Waals surface area contributed by atoms with Gasteiger partial charge in [0.2, 0.25) is 5.91 Å². The highest BCUT2D eigenvalue weighted by Gasteiger charge is 2.44. The Balaban J connectivity index is 1.37. The molecule has 2 aliphatic rings. The maximum atomic E-state index is 13.8. The van der Waals surface area contributed by atoms with E-state index in [9.17, 15) is 9.18 Å². The van der Waals surface area contributed by atoms with Gasteiger partial charge in [-0.25, -0.2) is 14.4 Å². The first kappa shape index (κ1) is 20.3. The number of hydrogen-bond donors (Lipinski definition) is 2.